The molecule has 2 aliphatic heterocycles. The van der Waals surface area contributed by atoms with Crippen molar-refractivity contribution in [3.63, 3.8) is 0 Å². The van der Waals surface area contributed by atoms with Crippen molar-refractivity contribution in [2.24, 2.45) is 0 Å². The quantitative estimate of drug-likeness (QED) is 0.826. The number of nitrogens with zero attached hydrogens (tertiary/aromatic N) is 3. The number of nitrogens with one attached hydrogen (secondary N) is 1. The van der Waals surface area contributed by atoms with E-state index in [1.165, 1.54) is 0 Å². The lowest BCUT2D eigenvalue weighted by atomic mass is 10.1. The molecule has 0 unspecified atom stereocenters. The predicted octanol–water partition coefficient (Wildman–Crippen LogP) is -0.268. The number of carbonyl (C=O) groups is 1. The molecule has 26 heavy (non-hydrogen) atoms. The van der Waals surface area contributed by atoms with Gasteiger partial charge in [-0.3, -0.25) is 20.0 Å². The van der Waals surface area contributed by atoms with E-state index in [9.17, 15) is 4.79 Å². The molecule has 0 radical (unpaired) electrons. The molecule has 1 aromatic carbocycles. The fourth-order valence-corrected chi connectivity index (χ4v) is 3.20. The standard InChI is InChI=1S/C20H22N4O2/c1-23-9-11-24(12-10-23)14-18(25)22-20-19-16(6-4-8-21-19)13-15-5-2-3-7-17(15)26-20/h2-8,13H,9-12,14H2,1H3,(H,22,25). The number of benzene rings is 1. The number of pyridine rings is 1. The second-order valence-corrected chi connectivity index (χ2v) is 6.68. The largest absolute Gasteiger partial charge is 0.438 e. The smallest absolute Gasteiger partial charge is 0.240 e. The third-order valence-corrected chi connectivity index (χ3v) is 4.71. The van der Waals surface area contributed by atoms with E-state index in [1.807, 2.05) is 42.5 Å². The number of para-hydroxylation sites is 1. The van der Waals surface area contributed by atoms with E-state index in [0.29, 0.717) is 23.5 Å². The van der Waals surface area contributed by atoms with Gasteiger partial charge in [-0.05, 0) is 25.3 Å². The zero-order valence-corrected chi connectivity index (χ0v) is 14.8. The summed E-state index contributed by atoms with van der Waals surface area (Å²) in [6, 6.07) is 11.6. The van der Waals surface area contributed by atoms with E-state index in [-0.39, 0.29) is 5.91 Å². The first-order valence-corrected chi connectivity index (χ1v) is 8.84. The molecule has 1 fully saturated rings. The fourth-order valence-electron chi connectivity index (χ4n) is 3.20. The Morgan fingerprint density at radius 3 is 2.81 bits per heavy atom. The van der Waals surface area contributed by atoms with Gasteiger partial charge in [0.2, 0.25) is 11.8 Å². The average molecular weight is 350 g/mol. The van der Waals surface area contributed by atoms with Crippen LogP contribution in [0.3, 0.4) is 0 Å². The molecule has 0 bridgehead atoms. The average Bonchev–Trinajstić information content (AvgIpc) is 2.80. The van der Waals surface area contributed by atoms with Crippen LogP contribution in [0.5, 0.6) is 5.75 Å². The van der Waals surface area contributed by atoms with Crippen LogP contribution in [0.4, 0.5) is 0 Å². The van der Waals surface area contributed by atoms with Gasteiger partial charge in [0, 0.05) is 43.2 Å². The Balaban J connectivity index is 1.59. The summed E-state index contributed by atoms with van der Waals surface area (Å²) in [5, 5.41) is 4.50. The molecule has 1 aromatic heterocycles. The lowest BCUT2D eigenvalue weighted by Gasteiger charge is -2.31. The summed E-state index contributed by atoms with van der Waals surface area (Å²) in [6.07, 6.45) is 3.73. The van der Waals surface area contributed by atoms with Crippen molar-refractivity contribution in [2.45, 2.75) is 0 Å². The number of likely N-dealkylation sites (N-methyl/N-ethyl adjacent to an activating group) is 1. The Morgan fingerprint density at radius 2 is 1.96 bits per heavy atom. The van der Waals surface area contributed by atoms with E-state index in [1.54, 1.807) is 6.20 Å². The molecule has 2 aliphatic rings. The zero-order valence-electron chi connectivity index (χ0n) is 14.8. The summed E-state index contributed by atoms with van der Waals surface area (Å²) in [4.78, 5) is 21.4. The van der Waals surface area contributed by atoms with E-state index in [2.05, 4.69) is 27.1 Å². The first-order chi connectivity index (χ1) is 12.7. The Labute approximate surface area is 152 Å². The van der Waals surface area contributed by atoms with Crippen LogP contribution in [0, 0.1) is 0 Å². The molecule has 3 heterocycles. The van der Waals surface area contributed by atoms with E-state index in [0.717, 1.165) is 37.0 Å². The Kier molecular flexibility index (Phi) is 4.69. The summed E-state index contributed by atoms with van der Waals surface area (Å²) in [5.74, 6) is 1.02. The minimum absolute atomic E-state index is 0.0828. The van der Waals surface area contributed by atoms with Crippen LogP contribution in [0.15, 0.2) is 42.6 Å². The third-order valence-electron chi connectivity index (χ3n) is 4.71. The minimum atomic E-state index is -0.0828. The molecular weight excluding hydrogens is 328 g/mol. The molecule has 2 aromatic rings. The molecule has 1 amide bonds. The first kappa shape index (κ1) is 16.8. The molecule has 0 atom stereocenters. The molecule has 0 spiro atoms. The minimum Gasteiger partial charge on any atom is -0.438 e. The van der Waals surface area contributed by atoms with Gasteiger partial charge in [0.25, 0.3) is 0 Å². The van der Waals surface area contributed by atoms with E-state index >= 15 is 0 Å². The van der Waals surface area contributed by atoms with Crippen molar-refractivity contribution in [1.29, 1.82) is 0 Å². The molecule has 1 N–H and O–H groups in total. The molecule has 6 heteroatoms. The van der Waals surface area contributed by atoms with Gasteiger partial charge in [0.15, 0.2) is 0 Å². The maximum atomic E-state index is 12.6. The molecule has 1 saturated heterocycles. The number of rotatable bonds is 3. The highest BCUT2D eigenvalue weighted by atomic mass is 16.5. The second-order valence-electron chi connectivity index (χ2n) is 6.68. The second kappa shape index (κ2) is 7.27. The molecule has 134 valence electrons. The summed E-state index contributed by atoms with van der Waals surface area (Å²) < 4.78 is 6.02. The van der Waals surface area contributed by atoms with Crippen molar-refractivity contribution < 1.29 is 9.53 Å². The Hall–Kier alpha value is -2.70. The summed E-state index contributed by atoms with van der Waals surface area (Å²) in [7, 11) is 2.10. The number of carbonyl (C=O) groups excluding carboxylic acids is 1. The molecule has 0 aliphatic carbocycles. The van der Waals surface area contributed by atoms with Gasteiger partial charge in [0.1, 0.15) is 11.1 Å². The number of hydrogen-bond donors (Lipinski definition) is 1. The summed E-state index contributed by atoms with van der Waals surface area (Å²) in [5.41, 5.74) is 0.963. The fraction of sp³-hybridized carbons (Fsp3) is 0.300. The first-order valence-electron chi connectivity index (χ1n) is 8.84. The van der Waals surface area contributed by atoms with Gasteiger partial charge in [-0.2, -0.15) is 0 Å². The van der Waals surface area contributed by atoms with Gasteiger partial charge in [-0.25, -0.2) is 0 Å². The van der Waals surface area contributed by atoms with Crippen LogP contribution in [0.25, 0.3) is 12.0 Å². The number of amides is 1. The number of fused-ring (bicyclic) bond motifs is 2. The van der Waals surface area contributed by atoms with Crippen LogP contribution in [0.2, 0.25) is 0 Å². The SMILES string of the molecule is CN1CCN(CC(=O)NC2=c3ncccc3=Cc3ccccc3O2)CC1. The normalized spacial score (nSPS) is 17.3. The molecular formula is C20H22N4O2. The Bertz CT molecular complexity index is 933. The van der Waals surface area contributed by atoms with Crippen LogP contribution >= 0.6 is 0 Å². The van der Waals surface area contributed by atoms with Crippen molar-refractivity contribution in [2.75, 3.05) is 39.8 Å². The predicted molar refractivity (Wildman–Crippen MR) is 99.6 cm³/mol. The summed E-state index contributed by atoms with van der Waals surface area (Å²) in [6.45, 7) is 4.10. The van der Waals surface area contributed by atoms with Gasteiger partial charge < -0.3 is 9.64 Å². The highest BCUT2D eigenvalue weighted by Gasteiger charge is 2.19. The van der Waals surface area contributed by atoms with Crippen molar-refractivity contribution in [1.82, 2.24) is 20.1 Å². The number of ether oxygens (including phenoxy) is 1. The van der Waals surface area contributed by atoms with Crippen LogP contribution in [-0.2, 0) is 4.79 Å². The van der Waals surface area contributed by atoms with Crippen LogP contribution in [0.1, 0.15) is 5.56 Å². The number of piperazine rings is 1. The van der Waals surface area contributed by atoms with Crippen LogP contribution < -0.4 is 20.6 Å². The zero-order chi connectivity index (χ0) is 17.9. The monoisotopic (exact) mass is 350 g/mol. The highest BCUT2D eigenvalue weighted by Crippen LogP contribution is 2.21. The topological polar surface area (TPSA) is 57.7 Å². The lowest BCUT2D eigenvalue weighted by molar-refractivity contribution is -0.121. The van der Waals surface area contributed by atoms with Crippen molar-refractivity contribution >= 4 is 17.9 Å². The molecule has 6 nitrogen and oxygen atoms in total. The van der Waals surface area contributed by atoms with E-state index in [4.69, 9.17) is 4.74 Å². The lowest BCUT2D eigenvalue weighted by Crippen LogP contribution is -2.48. The molecule has 0 saturated carbocycles. The summed E-state index contributed by atoms with van der Waals surface area (Å²) >= 11 is 0. The van der Waals surface area contributed by atoms with Gasteiger partial charge in [-0.1, -0.05) is 24.3 Å². The van der Waals surface area contributed by atoms with Crippen LogP contribution in [-0.4, -0.2) is 60.5 Å². The number of aromatic nitrogens is 1. The van der Waals surface area contributed by atoms with Gasteiger partial charge >= 0.3 is 0 Å². The number of hydrogen-bond acceptors (Lipinski definition) is 5. The molecule has 4 rings (SSSR count). The maximum Gasteiger partial charge on any atom is 0.240 e. The van der Waals surface area contributed by atoms with E-state index < -0.39 is 0 Å². The van der Waals surface area contributed by atoms with Crippen molar-refractivity contribution in [3.05, 3.63) is 58.7 Å². The maximum absolute atomic E-state index is 12.6. The van der Waals surface area contributed by atoms with Crippen molar-refractivity contribution in [3.8, 4) is 5.75 Å². The highest BCUT2D eigenvalue weighted by molar-refractivity contribution is 5.83. The Morgan fingerprint density at radius 1 is 1.15 bits per heavy atom. The third kappa shape index (κ3) is 3.61. The van der Waals surface area contributed by atoms with Gasteiger partial charge in [0.05, 0.1) is 6.54 Å². The van der Waals surface area contributed by atoms with Gasteiger partial charge in [-0.15, -0.1) is 0 Å².